The normalized spacial score (nSPS) is 20.8. The Kier molecular flexibility index (Phi) is 4.11. The van der Waals surface area contributed by atoms with Crippen LogP contribution in [0.2, 0.25) is 0 Å². The molecule has 1 fully saturated rings. The van der Waals surface area contributed by atoms with Crippen LogP contribution in [0.5, 0.6) is 11.5 Å². The van der Waals surface area contributed by atoms with Crippen molar-refractivity contribution in [3.05, 3.63) is 17.7 Å². The fourth-order valence-electron chi connectivity index (χ4n) is 2.12. The van der Waals surface area contributed by atoms with E-state index in [-0.39, 0.29) is 28.0 Å². The molecule has 7 nitrogen and oxygen atoms in total. The van der Waals surface area contributed by atoms with E-state index in [2.05, 4.69) is 5.32 Å². The molecular formula is C13H18N2O5S. The summed E-state index contributed by atoms with van der Waals surface area (Å²) in [5.74, 6) is 0.0867. The van der Waals surface area contributed by atoms with E-state index in [0.717, 1.165) is 6.42 Å². The molecule has 0 aliphatic heterocycles. The molecule has 116 valence electrons. The molecule has 2 atom stereocenters. The Morgan fingerprint density at radius 3 is 2.38 bits per heavy atom. The molecule has 2 unspecified atom stereocenters. The molecule has 0 heterocycles. The molecule has 21 heavy (non-hydrogen) atoms. The molecule has 0 saturated heterocycles. The van der Waals surface area contributed by atoms with Crippen LogP contribution in [-0.2, 0) is 10.0 Å². The maximum Gasteiger partial charge on any atom is 0.259 e. The zero-order valence-electron chi connectivity index (χ0n) is 12.0. The van der Waals surface area contributed by atoms with Gasteiger partial charge < -0.3 is 14.8 Å². The van der Waals surface area contributed by atoms with Gasteiger partial charge in [-0.15, -0.1) is 0 Å². The second kappa shape index (κ2) is 5.53. The van der Waals surface area contributed by atoms with Crippen molar-refractivity contribution in [2.45, 2.75) is 24.3 Å². The molecule has 0 radical (unpaired) electrons. The highest BCUT2D eigenvalue weighted by Gasteiger charge is 2.36. The number of benzene rings is 1. The summed E-state index contributed by atoms with van der Waals surface area (Å²) in [4.78, 5) is 12.1. The second-order valence-electron chi connectivity index (χ2n) is 5.01. The third-order valence-corrected chi connectivity index (χ3v) is 4.40. The maximum absolute atomic E-state index is 12.4. The highest BCUT2D eigenvalue weighted by atomic mass is 32.2. The molecule has 8 heteroatoms. The zero-order valence-corrected chi connectivity index (χ0v) is 12.9. The number of nitrogens with two attached hydrogens (primary N) is 1. The number of primary sulfonamides is 1. The van der Waals surface area contributed by atoms with Gasteiger partial charge in [0.1, 0.15) is 16.2 Å². The first-order valence-corrected chi connectivity index (χ1v) is 7.92. The maximum atomic E-state index is 12.4. The lowest BCUT2D eigenvalue weighted by Gasteiger charge is -2.15. The average Bonchev–Trinajstić information content (AvgIpc) is 3.10. The number of amides is 1. The van der Waals surface area contributed by atoms with E-state index in [0.29, 0.717) is 5.92 Å². The van der Waals surface area contributed by atoms with Crippen molar-refractivity contribution in [2.24, 2.45) is 11.1 Å². The molecule has 1 aromatic rings. The minimum Gasteiger partial charge on any atom is -0.496 e. The third kappa shape index (κ3) is 3.11. The number of rotatable bonds is 5. The van der Waals surface area contributed by atoms with Crippen molar-refractivity contribution in [3.63, 3.8) is 0 Å². The standard InChI is InChI=1S/C13H18N2O5S/c1-7-6-8(7)15-13(16)11-9(19-2)4-5-10(12(11)20-3)21(14,17)18/h4-5,7-8H,6H2,1-3H3,(H,15,16)(H2,14,17,18). The van der Waals surface area contributed by atoms with Crippen LogP contribution in [0.1, 0.15) is 23.7 Å². The Hall–Kier alpha value is -1.80. The number of hydrogen-bond donors (Lipinski definition) is 2. The molecule has 0 bridgehead atoms. The van der Waals surface area contributed by atoms with Crippen molar-refractivity contribution in [3.8, 4) is 11.5 Å². The SMILES string of the molecule is COc1ccc(S(N)(=O)=O)c(OC)c1C(=O)NC1CC1C. The highest BCUT2D eigenvalue weighted by molar-refractivity contribution is 7.89. The smallest absolute Gasteiger partial charge is 0.259 e. The van der Waals surface area contributed by atoms with Gasteiger partial charge in [-0.2, -0.15) is 0 Å². The molecule has 0 spiro atoms. The Bertz CT molecular complexity index is 671. The van der Waals surface area contributed by atoms with Crippen molar-refractivity contribution in [2.75, 3.05) is 14.2 Å². The summed E-state index contributed by atoms with van der Waals surface area (Å²) in [5, 5.41) is 7.96. The summed E-state index contributed by atoms with van der Waals surface area (Å²) >= 11 is 0. The number of sulfonamides is 1. The van der Waals surface area contributed by atoms with Gasteiger partial charge in [-0.3, -0.25) is 4.79 Å². The van der Waals surface area contributed by atoms with Gasteiger partial charge in [-0.25, -0.2) is 13.6 Å². The Balaban J connectivity index is 2.52. The summed E-state index contributed by atoms with van der Waals surface area (Å²) in [5.41, 5.74) is 0.0330. The van der Waals surface area contributed by atoms with Gasteiger partial charge >= 0.3 is 0 Å². The van der Waals surface area contributed by atoms with Gasteiger partial charge in [0.25, 0.3) is 5.91 Å². The van der Waals surface area contributed by atoms with Crippen LogP contribution >= 0.6 is 0 Å². The number of carbonyl (C=O) groups excluding carboxylic acids is 1. The quantitative estimate of drug-likeness (QED) is 0.822. The van der Waals surface area contributed by atoms with Crippen LogP contribution in [0.25, 0.3) is 0 Å². The lowest BCUT2D eigenvalue weighted by Crippen LogP contribution is -2.28. The van der Waals surface area contributed by atoms with Crippen LogP contribution < -0.4 is 19.9 Å². The first-order chi connectivity index (χ1) is 9.79. The van der Waals surface area contributed by atoms with Gasteiger partial charge in [-0.1, -0.05) is 6.92 Å². The van der Waals surface area contributed by atoms with Crippen molar-refractivity contribution in [1.82, 2.24) is 5.32 Å². The molecule has 1 aliphatic carbocycles. The predicted molar refractivity (Wildman–Crippen MR) is 76.0 cm³/mol. The summed E-state index contributed by atoms with van der Waals surface area (Å²) in [6.07, 6.45) is 0.894. The molecular weight excluding hydrogens is 296 g/mol. The van der Waals surface area contributed by atoms with Gasteiger partial charge in [0.2, 0.25) is 10.0 Å². The minimum atomic E-state index is -4.01. The van der Waals surface area contributed by atoms with E-state index in [9.17, 15) is 13.2 Å². The first-order valence-electron chi connectivity index (χ1n) is 6.38. The predicted octanol–water partition coefficient (Wildman–Crippen LogP) is 0.489. The number of nitrogens with one attached hydrogen (secondary N) is 1. The number of methoxy groups -OCH3 is 2. The summed E-state index contributed by atoms with van der Waals surface area (Å²) in [7, 11) is -1.34. The second-order valence-corrected chi connectivity index (χ2v) is 6.54. The number of ether oxygens (including phenoxy) is 2. The summed E-state index contributed by atoms with van der Waals surface area (Å²) < 4.78 is 33.4. The van der Waals surface area contributed by atoms with Gasteiger partial charge in [0, 0.05) is 6.04 Å². The van der Waals surface area contributed by atoms with Crippen LogP contribution in [0.15, 0.2) is 17.0 Å². The highest BCUT2D eigenvalue weighted by Crippen LogP contribution is 2.36. The fourth-order valence-corrected chi connectivity index (χ4v) is 2.82. The Labute approximate surface area is 123 Å². The minimum absolute atomic E-state index is 0.0330. The number of hydrogen-bond acceptors (Lipinski definition) is 5. The van der Waals surface area contributed by atoms with Crippen molar-refractivity contribution < 1.29 is 22.7 Å². The molecule has 1 aromatic carbocycles. The van der Waals surface area contributed by atoms with E-state index >= 15 is 0 Å². The topological polar surface area (TPSA) is 108 Å². The van der Waals surface area contributed by atoms with Crippen molar-refractivity contribution >= 4 is 15.9 Å². The number of carbonyl (C=O) groups is 1. The van der Waals surface area contributed by atoms with E-state index in [1.165, 1.54) is 26.4 Å². The molecule has 1 saturated carbocycles. The third-order valence-electron chi connectivity index (χ3n) is 3.47. The molecule has 0 aromatic heterocycles. The Morgan fingerprint density at radius 1 is 1.33 bits per heavy atom. The van der Waals surface area contributed by atoms with Crippen molar-refractivity contribution in [1.29, 1.82) is 0 Å². The van der Waals surface area contributed by atoms with E-state index in [4.69, 9.17) is 14.6 Å². The van der Waals surface area contributed by atoms with Gasteiger partial charge in [-0.05, 0) is 24.5 Å². The fraction of sp³-hybridized carbons (Fsp3) is 0.462. The lowest BCUT2D eigenvalue weighted by molar-refractivity contribution is 0.0942. The lowest BCUT2D eigenvalue weighted by atomic mass is 10.1. The van der Waals surface area contributed by atoms with Crippen LogP contribution in [0, 0.1) is 5.92 Å². The Morgan fingerprint density at radius 2 is 1.95 bits per heavy atom. The van der Waals surface area contributed by atoms with Gasteiger partial charge in [0.05, 0.1) is 14.2 Å². The molecule has 1 aliphatic rings. The van der Waals surface area contributed by atoms with E-state index < -0.39 is 15.9 Å². The first kappa shape index (κ1) is 15.6. The van der Waals surface area contributed by atoms with E-state index in [1.54, 1.807) is 0 Å². The monoisotopic (exact) mass is 314 g/mol. The summed E-state index contributed by atoms with van der Waals surface area (Å²) in [6.45, 7) is 2.01. The van der Waals surface area contributed by atoms with Crippen LogP contribution in [-0.4, -0.2) is 34.6 Å². The molecule has 3 N–H and O–H groups in total. The van der Waals surface area contributed by atoms with Gasteiger partial charge in [0.15, 0.2) is 5.75 Å². The molecule has 1 amide bonds. The van der Waals surface area contributed by atoms with Crippen LogP contribution in [0.4, 0.5) is 0 Å². The average molecular weight is 314 g/mol. The molecule has 2 rings (SSSR count). The zero-order chi connectivity index (χ0) is 15.8. The van der Waals surface area contributed by atoms with E-state index in [1.807, 2.05) is 6.92 Å². The largest absolute Gasteiger partial charge is 0.496 e. The van der Waals surface area contributed by atoms with Crippen LogP contribution in [0.3, 0.4) is 0 Å². The summed E-state index contributed by atoms with van der Waals surface area (Å²) in [6, 6.07) is 2.72.